The maximum Gasteiger partial charge on any atom is 0.0782 e. The van der Waals surface area contributed by atoms with Gasteiger partial charge >= 0.3 is 0 Å². The monoisotopic (exact) mass is 301 g/mol. The smallest absolute Gasteiger partial charge is 0.0782 e. The van der Waals surface area contributed by atoms with E-state index in [0.717, 1.165) is 5.56 Å². The normalized spacial score (nSPS) is 10.8. The quantitative estimate of drug-likeness (QED) is 0.510. The van der Waals surface area contributed by atoms with Gasteiger partial charge in [-0.15, -0.1) is 0 Å². The summed E-state index contributed by atoms with van der Waals surface area (Å²) < 4.78 is 5.25. The van der Waals surface area contributed by atoms with Crippen molar-refractivity contribution in [3.05, 3.63) is 31.7 Å². The van der Waals surface area contributed by atoms with E-state index in [2.05, 4.69) is 0 Å². The van der Waals surface area contributed by atoms with Crippen molar-refractivity contribution in [2.75, 3.05) is 19.8 Å². The molecule has 0 aliphatic rings. The van der Waals surface area contributed by atoms with Gasteiger partial charge in [-0.05, 0) is 18.1 Å². The lowest BCUT2D eigenvalue weighted by Gasteiger charge is -2.10. The summed E-state index contributed by atoms with van der Waals surface area (Å²) in [5.74, 6) is 0. The summed E-state index contributed by atoms with van der Waals surface area (Å²) >= 11 is 23.8. The molecule has 0 heterocycles. The second kappa shape index (κ2) is 6.90. The maximum atomic E-state index is 6.04. The van der Waals surface area contributed by atoms with Crippen molar-refractivity contribution in [2.45, 2.75) is 6.42 Å². The topological polar surface area (TPSA) is 35.2 Å². The van der Waals surface area contributed by atoms with Crippen LogP contribution in [-0.4, -0.2) is 19.8 Å². The summed E-state index contributed by atoms with van der Waals surface area (Å²) in [7, 11) is 0. The number of ether oxygens (including phenoxy) is 1. The van der Waals surface area contributed by atoms with Crippen LogP contribution in [0, 0.1) is 0 Å². The van der Waals surface area contributed by atoms with Gasteiger partial charge in [-0.25, -0.2) is 0 Å². The van der Waals surface area contributed by atoms with Crippen LogP contribution >= 0.6 is 46.4 Å². The molecule has 0 amide bonds. The van der Waals surface area contributed by atoms with Crippen molar-refractivity contribution in [1.29, 1.82) is 0 Å². The van der Waals surface area contributed by atoms with Gasteiger partial charge in [0.15, 0.2) is 0 Å². The molecule has 90 valence electrons. The first-order valence-corrected chi connectivity index (χ1v) is 6.18. The Labute approximate surface area is 115 Å². The van der Waals surface area contributed by atoms with Crippen molar-refractivity contribution < 1.29 is 4.74 Å². The Bertz CT molecular complexity index is 370. The Morgan fingerprint density at radius 2 is 1.69 bits per heavy atom. The highest BCUT2D eigenvalue weighted by atomic mass is 35.5. The lowest BCUT2D eigenvalue weighted by molar-refractivity contribution is 0.145. The maximum absolute atomic E-state index is 6.04. The van der Waals surface area contributed by atoms with E-state index in [1.807, 2.05) is 0 Å². The highest BCUT2D eigenvalue weighted by Crippen LogP contribution is 2.37. The minimum Gasteiger partial charge on any atom is -0.380 e. The van der Waals surface area contributed by atoms with E-state index in [4.69, 9.17) is 56.9 Å². The highest BCUT2D eigenvalue weighted by molar-refractivity contribution is 6.49. The largest absolute Gasteiger partial charge is 0.380 e. The zero-order valence-corrected chi connectivity index (χ0v) is 11.4. The van der Waals surface area contributed by atoms with Gasteiger partial charge in [-0.1, -0.05) is 46.4 Å². The molecule has 0 aromatic heterocycles. The van der Waals surface area contributed by atoms with Crippen LogP contribution in [0.1, 0.15) is 5.56 Å². The average molecular weight is 303 g/mol. The van der Waals surface area contributed by atoms with Gasteiger partial charge in [-0.3, -0.25) is 0 Å². The molecule has 0 atom stereocenters. The molecule has 0 saturated carbocycles. The molecule has 1 aromatic carbocycles. The van der Waals surface area contributed by atoms with Crippen molar-refractivity contribution in [3.63, 3.8) is 0 Å². The molecule has 0 unspecified atom stereocenters. The first-order valence-electron chi connectivity index (χ1n) is 4.67. The van der Waals surface area contributed by atoms with Gasteiger partial charge < -0.3 is 10.5 Å². The molecule has 0 aliphatic heterocycles. The molecule has 0 aliphatic carbocycles. The van der Waals surface area contributed by atoms with Crippen LogP contribution < -0.4 is 5.73 Å². The van der Waals surface area contributed by atoms with E-state index in [0.29, 0.717) is 46.3 Å². The fourth-order valence-corrected chi connectivity index (χ4v) is 2.31. The van der Waals surface area contributed by atoms with Crippen molar-refractivity contribution in [2.24, 2.45) is 5.73 Å². The fraction of sp³-hybridized carbons (Fsp3) is 0.400. The molecule has 6 heteroatoms. The van der Waals surface area contributed by atoms with E-state index in [-0.39, 0.29) is 0 Å². The van der Waals surface area contributed by atoms with Crippen LogP contribution in [0.3, 0.4) is 0 Å². The summed E-state index contributed by atoms with van der Waals surface area (Å²) in [5.41, 5.74) is 6.04. The lowest BCUT2D eigenvalue weighted by Crippen LogP contribution is -2.10. The van der Waals surface area contributed by atoms with E-state index in [1.165, 1.54) is 0 Å². The predicted octanol–water partition coefficient (Wildman–Crippen LogP) is 3.82. The highest BCUT2D eigenvalue weighted by Gasteiger charge is 2.13. The van der Waals surface area contributed by atoms with Gasteiger partial charge in [0.25, 0.3) is 0 Å². The molecular formula is C10H11Cl4NO. The molecule has 1 aromatic rings. The number of hydrogen-bond acceptors (Lipinski definition) is 2. The summed E-state index contributed by atoms with van der Waals surface area (Å²) in [6, 6.07) is 1.58. The molecule has 16 heavy (non-hydrogen) atoms. The molecule has 0 bridgehead atoms. The Balaban J connectivity index is 2.76. The van der Waals surface area contributed by atoms with Crippen molar-refractivity contribution in [1.82, 2.24) is 0 Å². The third-order valence-corrected chi connectivity index (χ3v) is 3.61. The zero-order valence-electron chi connectivity index (χ0n) is 8.40. The minimum atomic E-state index is 0.321. The van der Waals surface area contributed by atoms with Crippen LogP contribution in [0.25, 0.3) is 0 Å². The molecule has 0 spiro atoms. The molecular weight excluding hydrogens is 292 g/mol. The number of benzene rings is 1. The van der Waals surface area contributed by atoms with Crippen LogP contribution in [0.5, 0.6) is 0 Å². The number of rotatable bonds is 5. The van der Waals surface area contributed by atoms with Crippen molar-refractivity contribution in [3.8, 4) is 0 Å². The fourth-order valence-electron chi connectivity index (χ4n) is 1.19. The third kappa shape index (κ3) is 3.66. The van der Waals surface area contributed by atoms with E-state index < -0.39 is 0 Å². The van der Waals surface area contributed by atoms with E-state index in [9.17, 15) is 0 Å². The zero-order chi connectivity index (χ0) is 12.1. The third-order valence-electron chi connectivity index (χ3n) is 1.97. The van der Waals surface area contributed by atoms with Crippen LogP contribution in [0.15, 0.2) is 6.07 Å². The van der Waals surface area contributed by atoms with Gasteiger partial charge in [0, 0.05) is 11.6 Å². The number of halogens is 4. The van der Waals surface area contributed by atoms with E-state index in [1.54, 1.807) is 6.07 Å². The molecule has 0 fully saturated rings. The van der Waals surface area contributed by atoms with Crippen LogP contribution in [-0.2, 0) is 11.2 Å². The minimum absolute atomic E-state index is 0.321. The van der Waals surface area contributed by atoms with Gasteiger partial charge in [0.1, 0.15) is 0 Å². The Morgan fingerprint density at radius 3 is 2.31 bits per heavy atom. The SMILES string of the molecule is NCCOCCc1c(Cl)cc(Cl)c(Cl)c1Cl. The molecule has 2 N–H and O–H groups in total. The van der Waals surface area contributed by atoms with Gasteiger partial charge in [-0.2, -0.15) is 0 Å². The summed E-state index contributed by atoms with van der Waals surface area (Å²) in [5, 5.41) is 1.55. The van der Waals surface area contributed by atoms with Crippen LogP contribution in [0.2, 0.25) is 20.1 Å². The number of nitrogens with two attached hydrogens (primary N) is 1. The summed E-state index contributed by atoms with van der Waals surface area (Å²) in [6.45, 7) is 1.49. The Morgan fingerprint density at radius 1 is 1.00 bits per heavy atom. The first kappa shape index (κ1) is 14.4. The Hall–Kier alpha value is 0.300. The molecule has 1 rings (SSSR count). The van der Waals surface area contributed by atoms with E-state index >= 15 is 0 Å². The Kier molecular flexibility index (Phi) is 6.19. The van der Waals surface area contributed by atoms with Gasteiger partial charge in [0.2, 0.25) is 0 Å². The molecule has 0 saturated heterocycles. The lowest BCUT2D eigenvalue weighted by atomic mass is 10.1. The summed E-state index contributed by atoms with van der Waals surface area (Å²) in [6.07, 6.45) is 0.578. The molecule has 0 radical (unpaired) electrons. The standard InChI is InChI=1S/C10H11Cl4NO/c11-7-5-8(12)10(14)9(13)6(7)1-3-16-4-2-15/h5H,1-4,15H2. The first-order chi connectivity index (χ1) is 7.57. The second-order valence-corrected chi connectivity index (χ2v) is 4.67. The average Bonchev–Trinajstić information content (AvgIpc) is 2.25. The predicted molar refractivity (Wildman–Crippen MR) is 70.1 cm³/mol. The molecule has 2 nitrogen and oxygen atoms in total. The van der Waals surface area contributed by atoms with Crippen LogP contribution in [0.4, 0.5) is 0 Å². The van der Waals surface area contributed by atoms with Gasteiger partial charge in [0.05, 0.1) is 28.3 Å². The number of hydrogen-bond donors (Lipinski definition) is 1. The van der Waals surface area contributed by atoms with Crippen molar-refractivity contribution >= 4 is 46.4 Å². The second-order valence-electron chi connectivity index (χ2n) is 3.10. The summed E-state index contributed by atoms with van der Waals surface area (Å²) in [4.78, 5) is 0.